The fraction of sp³-hybridized carbons (Fsp3) is 0.222. The number of aromatic nitrogens is 1. The second kappa shape index (κ2) is 13.0. The van der Waals surface area contributed by atoms with Crippen LogP contribution in [0.25, 0.3) is 15.7 Å². The molecule has 0 spiro atoms. The minimum atomic E-state index is 0. The van der Waals surface area contributed by atoms with Crippen molar-refractivity contribution >= 4 is 38.8 Å². The summed E-state index contributed by atoms with van der Waals surface area (Å²) in [4.78, 5) is 5.14. The molecular weight excluding hydrogens is 402 g/mol. The summed E-state index contributed by atoms with van der Waals surface area (Å²) in [5.74, 6) is 0. The Morgan fingerprint density at radius 2 is 1.53 bits per heavy atom. The van der Waals surface area contributed by atoms with E-state index in [9.17, 15) is 0 Å². The van der Waals surface area contributed by atoms with Gasteiger partial charge >= 0.3 is 0 Å². The number of thiophene rings is 1. The fourth-order valence-corrected chi connectivity index (χ4v) is 4.38. The van der Waals surface area contributed by atoms with E-state index in [4.69, 9.17) is 0 Å². The molecule has 2 aromatic carbocycles. The molecule has 4 aromatic rings. The molecule has 1 aliphatic carbocycles. The number of hydrogen-bond acceptors (Lipinski definition) is 3. The third-order valence-corrected chi connectivity index (χ3v) is 6.46. The first-order valence-corrected chi connectivity index (χ1v) is 11.4. The lowest BCUT2D eigenvalue weighted by Crippen LogP contribution is -1.79. The molecule has 0 saturated carbocycles. The van der Waals surface area contributed by atoms with Gasteiger partial charge in [0.05, 0.1) is 0 Å². The van der Waals surface area contributed by atoms with E-state index in [-0.39, 0.29) is 14.9 Å². The Bertz CT molecular complexity index is 1050. The number of aryl methyl sites for hydroxylation is 1. The monoisotopic (exact) mass is 435 g/mol. The summed E-state index contributed by atoms with van der Waals surface area (Å²) in [5.41, 5.74) is 5.72. The number of hydrogen-bond donors (Lipinski definition) is 0. The van der Waals surface area contributed by atoms with Crippen LogP contribution in [0.1, 0.15) is 38.5 Å². The summed E-state index contributed by atoms with van der Waals surface area (Å²) in [6.45, 7) is 4.32. The van der Waals surface area contributed by atoms with Gasteiger partial charge in [-0.25, -0.2) is 0 Å². The molecule has 158 valence electrons. The van der Waals surface area contributed by atoms with E-state index in [0.717, 1.165) is 6.42 Å². The third-order valence-electron chi connectivity index (χ3n) is 4.63. The van der Waals surface area contributed by atoms with Crippen LogP contribution in [0.15, 0.2) is 89.4 Å². The van der Waals surface area contributed by atoms with E-state index >= 15 is 0 Å². The van der Waals surface area contributed by atoms with Crippen molar-refractivity contribution in [1.82, 2.24) is 4.98 Å². The van der Waals surface area contributed by atoms with Crippen molar-refractivity contribution in [2.24, 2.45) is 0 Å². The standard InChI is InChI=1S/C10H10.C9H8S.C6H7NS.2CH4/c1-8-6-7-9-4-2-3-5-10(8)9;1-7-6-10-9-5-3-2-4-8(7)9;1-8-6-2-4-7-5-3-6;;/h2-6H,7H2,1H3;2-6H,1H3;2-5H,1H3;2*1H4. The number of allylic oxidation sites excluding steroid dienone is 2. The second-order valence-corrected chi connectivity index (χ2v) is 8.34. The molecular formula is C27H33NS2. The van der Waals surface area contributed by atoms with Crippen LogP contribution < -0.4 is 0 Å². The van der Waals surface area contributed by atoms with Crippen molar-refractivity contribution in [3.63, 3.8) is 0 Å². The average Bonchev–Trinajstić information content (AvgIpc) is 3.33. The zero-order valence-electron chi connectivity index (χ0n) is 16.6. The number of rotatable bonds is 1. The lowest BCUT2D eigenvalue weighted by atomic mass is 10.1. The lowest BCUT2D eigenvalue weighted by Gasteiger charge is -1.97. The molecule has 30 heavy (non-hydrogen) atoms. The average molecular weight is 436 g/mol. The van der Waals surface area contributed by atoms with E-state index in [1.165, 1.54) is 37.2 Å². The van der Waals surface area contributed by atoms with Gasteiger partial charge in [-0.2, -0.15) is 0 Å². The highest BCUT2D eigenvalue weighted by molar-refractivity contribution is 7.98. The largest absolute Gasteiger partial charge is 0.265 e. The number of nitrogens with zero attached hydrogens (tertiary/aromatic N) is 1. The molecule has 0 saturated heterocycles. The van der Waals surface area contributed by atoms with Crippen LogP contribution in [0.2, 0.25) is 0 Å². The van der Waals surface area contributed by atoms with Crippen LogP contribution in [0.5, 0.6) is 0 Å². The molecule has 0 atom stereocenters. The van der Waals surface area contributed by atoms with E-state index < -0.39 is 0 Å². The maximum absolute atomic E-state index is 3.88. The Hall–Kier alpha value is -2.36. The SMILES string of the molecule is C.C.CC1=CCc2ccccc21.CSc1ccncc1.Cc1csc2ccccc12. The molecule has 0 fully saturated rings. The number of thioether (sulfide) groups is 1. The smallest absolute Gasteiger partial charge is 0.0345 e. The molecule has 0 unspecified atom stereocenters. The van der Waals surface area contributed by atoms with Crippen molar-refractivity contribution in [3.8, 4) is 0 Å². The molecule has 2 heterocycles. The molecule has 1 nitrogen and oxygen atoms in total. The summed E-state index contributed by atoms with van der Waals surface area (Å²) < 4.78 is 1.39. The first-order valence-electron chi connectivity index (χ1n) is 9.31. The Labute approximate surface area is 190 Å². The number of fused-ring (bicyclic) bond motifs is 2. The Kier molecular flexibility index (Phi) is 11.2. The molecule has 0 N–H and O–H groups in total. The van der Waals surface area contributed by atoms with Crippen LogP contribution in [0.4, 0.5) is 0 Å². The van der Waals surface area contributed by atoms with Gasteiger partial charge in [-0.05, 0) is 77.8 Å². The molecule has 1 aliphatic rings. The Balaban J connectivity index is 0.000000220. The van der Waals surface area contributed by atoms with Crippen LogP contribution in [-0.2, 0) is 6.42 Å². The minimum Gasteiger partial charge on any atom is -0.265 e. The van der Waals surface area contributed by atoms with Crippen molar-refractivity contribution in [3.05, 3.63) is 101 Å². The van der Waals surface area contributed by atoms with Gasteiger partial charge in [-0.1, -0.05) is 63.4 Å². The molecule has 5 rings (SSSR count). The first kappa shape index (κ1) is 25.7. The van der Waals surface area contributed by atoms with E-state index in [1.807, 2.05) is 23.5 Å². The van der Waals surface area contributed by atoms with Gasteiger partial charge < -0.3 is 0 Å². The Morgan fingerprint density at radius 3 is 2.17 bits per heavy atom. The molecule has 3 heteroatoms. The van der Waals surface area contributed by atoms with Crippen LogP contribution in [-0.4, -0.2) is 11.2 Å². The maximum Gasteiger partial charge on any atom is 0.0345 e. The lowest BCUT2D eigenvalue weighted by molar-refractivity contribution is 1.27. The predicted octanol–water partition coefficient (Wildman–Crippen LogP) is 8.93. The van der Waals surface area contributed by atoms with Crippen molar-refractivity contribution in [1.29, 1.82) is 0 Å². The van der Waals surface area contributed by atoms with Gasteiger partial charge in [0, 0.05) is 22.0 Å². The Morgan fingerprint density at radius 1 is 0.867 bits per heavy atom. The molecule has 0 bridgehead atoms. The maximum atomic E-state index is 3.88. The quantitative estimate of drug-likeness (QED) is 0.277. The highest BCUT2D eigenvalue weighted by Gasteiger charge is 2.07. The van der Waals surface area contributed by atoms with E-state index in [0.29, 0.717) is 0 Å². The van der Waals surface area contributed by atoms with Gasteiger partial charge in [0.1, 0.15) is 0 Å². The fourth-order valence-electron chi connectivity index (χ4n) is 3.04. The summed E-state index contributed by atoms with van der Waals surface area (Å²) in [6, 6.07) is 21.1. The molecule has 0 radical (unpaired) electrons. The first-order chi connectivity index (χ1) is 13.7. The minimum absolute atomic E-state index is 0. The van der Waals surface area contributed by atoms with Gasteiger partial charge in [0.15, 0.2) is 0 Å². The highest BCUT2D eigenvalue weighted by atomic mass is 32.2. The van der Waals surface area contributed by atoms with Gasteiger partial charge in [0.2, 0.25) is 0 Å². The summed E-state index contributed by atoms with van der Waals surface area (Å²) >= 11 is 3.54. The molecule has 2 aromatic heterocycles. The van der Waals surface area contributed by atoms with Crippen LogP contribution in [0, 0.1) is 6.92 Å². The summed E-state index contributed by atoms with van der Waals surface area (Å²) in [7, 11) is 0. The van der Waals surface area contributed by atoms with Gasteiger partial charge in [-0.15, -0.1) is 23.1 Å². The van der Waals surface area contributed by atoms with Crippen LogP contribution in [0.3, 0.4) is 0 Å². The second-order valence-electron chi connectivity index (χ2n) is 6.55. The topological polar surface area (TPSA) is 12.9 Å². The van der Waals surface area contributed by atoms with Gasteiger partial charge in [-0.3, -0.25) is 4.98 Å². The normalized spacial score (nSPS) is 10.8. The van der Waals surface area contributed by atoms with E-state index in [2.05, 4.69) is 85.1 Å². The zero-order chi connectivity index (χ0) is 19.8. The summed E-state index contributed by atoms with van der Waals surface area (Å²) in [6.07, 6.45) is 9.06. The highest BCUT2D eigenvalue weighted by Crippen LogP contribution is 2.26. The van der Waals surface area contributed by atoms with Crippen molar-refractivity contribution in [2.75, 3.05) is 6.26 Å². The number of benzene rings is 2. The summed E-state index contributed by atoms with van der Waals surface area (Å²) in [5, 5.41) is 3.59. The van der Waals surface area contributed by atoms with Crippen LogP contribution >= 0.6 is 23.1 Å². The predicted molar refractivity (Wildman–Crippen MR) is 140 cm³/mol. The van der Waals surface area contributed by atoms with E-state index in [1.54, 1.807) is 24.2 Å². The molecule has 0 aliphatic heterocycles. The van der Waals surface area contributed by atoms with Crippen molar-refractivity contribution in [2.45, 2.75) is 40.0 Å². The third kappa shape index (κ3) is 6.86. The van der Waals surface area contributed by atoms with Gasteiger partial charge in [0.25, 0.3) is 0 Å². The zero-order valence-corrected chi connectivity index (χ0v) is 18.2. The molecule has 0 amide bonds. The van der Waals surface area contributed by atoms with Crippen molar-refractivity contribution < 1.29 is 0 Å². The number of pyridine rings is 1.